The Labute approximate surface area is 83.2 Å². The summed E-state index contributed by atoms with van der Waals surface area (Å²) in [6.45, 7) is 3.09. The third-order valence-electron chi connectivity index (χ3n) is 3.07. The second kappa shape index (κ2) is 3.39. The molecule has 1 saturated carbocycles. The molecule has 1 heterocycles. The van der Waals surface area contributed by atoms with E-state index >= 15 is 0 Å². The zero-order chi connectivity index (χ0) is 9.31. The minimum absolute atomic E-state index is 0.303. The van der Waals surface area contributed by atoms with Crippen molar-refractivity contribution in [3.8, 4) is 0 Å². The van der Waals surface area contributed by atoms with Crippen LogP contribution in [-0.2, 0) is 6.42 Å². The molecule has 3 heteroatoms. The van der Waals surface area contributed by atoms with E-state index in [9.17, 15) is 0 Å². The standard InChI is InChI=1S/C10H16N2S/c1-10(7-11,8-2-3-8)6-9-12-4-5-13-9/h4-5,8H,2-3,6-7,11H2,1H3. The molecule has 0 bridgehead atoms. The Hall–Kier alpha value is -0.410. The molecular formula is C10H16N2S. The maximum Gasteiger partial charge on any atom is 0.0930 e. The molecule has 1 atom stereocenters. The zero-order valence-electron chi connectivity index (χ0n) is 7.99. The van der Waals surface area contributed by atoms with Crippen LogP contribution < -0.4 is 5.73 Å². The first-order chi connectivity index (χ1) is 6.24. The monoisotopic (exact) mass is 196 g/mol. The molecule has 1 aromatic heterocycles. The normalized spacial score (nSPS) is 21.4. The molecule has 0 aromatic carbocycles. The molecule has 1 fully saturated rings. The molecule has 2 rings (SSSR count). The highest BCUT2D eigenvalue weighted by Crippen LogP contribution is 2.46. The predicted octanol–water partition coefficient (Wildman–Crippen LogP) is 2.06. The van der Waals surface area contributed by atoms with Crippen LogP contribution in [-0.4, -0.2) is 11.5 Å². The Kier molecular flexibility index (Phi) is 2.39. The summed E-state index contributed by atoms with van der Waals surface area (Å²) >= 11 is 1.74. The molecule has 0 spiro atoms. The van der Waals surface area contributed by atoms with Gasteiger partial charge in [0.05, 0.1) is 5.01 Å². The maximum absolute atomic E-state index is 5.84. The largest absolute Gasteiger partial charge is 0.330 e. The Bertz CT molecular complexity index is 266. The number of hydrogen-bond donors (Lipinski definition) is 1. The van der Waals surface area contributed by atoms with Crippen LogP contribution in [0.5, 0.6) is 0 Å². The van der Waals surface area contributed by atoms with Gasteiger partial charge in [-0.3, -0.25) is 0 Å². The summed E-state index contributed by atoms with van der Waals surface area (Å²) in [4.78, 5) is 4.32. The van der Waals surface area contributed by atoms with Crippen LogP contribution in [0.2, 0.25) is 0 Å². The molecule has 1 aliphatic rings. The number of hydrogen-bond acceptors (Lipinski definition) is 3. The Morgan fingerprint density at radius 2 is 2.46 bits per heavy atom. The maximum atomic E-state index is 5.84. The van der Waals surface area contributed by atoms with Crippen LogP contribution in [0.15, 0.2) is 11.6 Å². The van der Waals surface area contributed by atoms with E-state index in [1.54, 1.807) is 11.3 Å². The molecule has 1 aromatic rings. The topological polar surface area (TPSA) is 38.9 Å². The first-order valence-electron chi connectivity index (χ1n) is 4.83. The molecule has 0 radical (unpaired) electrons. The van der Waals surface area contributed by atoms with Crippen LogP contribution in [0.25, 0.3) is 0 Å². The van der Waals surface area contributed by atoms with Crippen molar-refractivity contribution in [1.29, 1.82) is 0 Å². The quantitative estimate of drug-likeness (QED) is 0.800. The summed E-state index contributed by atoms with van der Waals surface area (Å²) in [5.41, 5.74) is 6.14. The van der Waals surface area contributed by atoms with Gasteiger partial charge >= 0.3 is 0 Å². The molecule has 0 amide bonds. The third kappa shape index (κ3) is 1.92. The fourth-order valence-corrected chi connectivity index (χ4v) is 2.66. The summed E-state index contributed by atoms with van der Waals surface area (Å²) in [7, 11) is 0. The highest BCUT2D eigenvalue weighted by molar-refractivity contribution is 7.09. The lowest BCUT2D eigenvalue weighted by Crippen LogP contribution is -2.31. The minimum atomic E-state index is 0.303. The van der Waals surface area contributed by atoms with Gasteiger partial charge in [-0.25, -0.2) is 4.98 Å². The predicted molar refractivity (Wildman–Crippen MR) is 55.7 cm³/mol. The smallest absolute Gasteiger partial charge is 0.0930 e. The average molecular weight is 196 g/mol. The molecule has 13 heavy (non-hydrogen) atoms. The number of nitrogens with zero attached hydrogens (tertiary/aromatic N) is 1. The summed E-state index contributed by atoms with van der Waals surface area (Å²) in [5.74, 6) is 0.849. The highest BCUT2D eigenvalue weighted by atomic mass is 32.1. The molecule has 1 aliphatic carbocycles. The first-order valence-corrected chi connectivity index (χ1v) is 5.71. The Morgan fingerprint density at radius 1 is 1.69 bits per heavy atom. The van der Waals surface area contributed by atoms with Gasteiger partial charge in [-0.05, 0) is 30.7 Å². The number of nitrogens with two attached hydrogens (primary N) is 1. The van der Waals surface area contributed by atoms with Crippen molar-refractivity contribution in [2.75, 3.05) is 6.54 Å². The van der Waals surface area contributed by atoms with E-state index in [2.05, 4.69) is 11.9 Å². The van der Waals surface area contributed by atoms with Crippen molar-refractivity contribution in [2.45, 2.75) is 26.2 Å². The summed E-state index contributed by atoms with van der Waals surface area (Å²) < 4.78 is 0. The zero-order valence-corrected chi connectivity index (χ0v) is 8.81. The lowest BCUT2D eigenvalue weighted by molar-refractivity contribution is 0.281. The van der Waals surface area contributed by atoms with Crippen molar-refractivity contribution in [2.24, 2.45) is 17.1 Å². The van der Waals surface area contributed by atoms with Crippen LogP contribution in [0, 0.1) is 11.3 Å². The van der Waals surface area contributed by atoms with Gasteiger partial charge in [0.25, 0.3) is 0 Å². The average Bonchev–Trinajstić information content (AvgIpc) is 2.88. The molecule has 2 N–H and O–H groups in total. The van der Waals surface area contributed by atoms with Crippen LogP contribution >= 0.6 is 11.3 Å². The van der Waals surface area contributed by atoms with Crippen molar-refractivity contribution in [3.05, 3.63) is 16.6 Å². The van der Waals surface area contributed by atoms with E-state index in [4.69, 9.17) is 5.73 Å². The Balaban J connectivity index is 2.05. The molecule has 72 valence electrons. The number of thiazole rings is 1. The van der Waals surface area contributed by atoms with Gasteiger partial charge in [0, 0.05) is 18.0 Å². The van der Waals surface area contributed by atoms with E-state index in [1.165, 1.54) is 17.8 Å². The second-order valence-corrected chi connectivity index (χ2v) is 5.21. The van der Waals surface area contributed by atoms with Crippen molar-refractivity contribution >= 4 is 11.3 Å². The van der Waals surface area contributed by atoms with Gasteiger partial charge in [-0.15, -0.1) is 11.3 Å². The van der Waals surface area contributed by atoms with Crippen molar-refractivity contribution in [3.63, 3.8) is 0 Å². The fourth-order valence-electron chi connectivity index (χ4n) is 1.85. The van der Waals surface area contributed by atoms with Gasteiger partial charge in [0.1, 0.15) is 0 Å². The van der Waals surface area contributed by atoms with Crippen molar-refractivity contribution < 1.29 is 0 Å². The molecule has 0 saturated heterocycles. The highest BCUT2D eigenvalue weighted by Gasteiger charge is 2.40. The SMILES string of the molecule is CC(CN)(Cc1nccs1)C1CC1. The van der Waals surface area contributed by atoms with E-state index in [0.29, 0.717) is 5.41 Å². The number of aromatic nitrogens is 1. The lowest BCUT2D eigenvalue weighted by atomic mass is 9.82. The van der Waals surface area contributed by atoms with E-state index < -0.39 is 0 Å². The minimum Gasteiger partial charge on any atom is -0.330 e. The van der Waals surface area contributed by atoms with Crippen molar-refractivity contribution in [1.82, 2.24) is 4.98 Å². The van der Waals surface area contributed by atoms with Gasteiger partial charge in [0.15, 0.2) is 0 Å². The first kappa shape index (κ1) is 9.16. The van der Waals surface area contributed by atoms with Crippen LogP contribution in [0.3, 0.4) is 0 Å². The molecule has 1 unspecified atom stereocenters. The molecular weight excluding hydrogens is 180 g/mol. The Morgan fingerprint density at radius 3 is 2.92 bits per heavy atom. The second-order valence-electron chi connectivity index (χ2n) is 4.24. The van der Waals surface area contributed by atoms with E-state index in [1.807, 2.05) is 11.6 Å². The lowest BCUT2D eigenvalue weighted by Gasteiger charge is -2.26. The van der Waals surface area contributed by atoms with Crippen LogP contribution in [0.1, 0.15) is 24.8 Å². The third-order valence-corrected chi connectivity index (χ3v) is 3.85. The van der Waals surface area contributed by atoms with Gasteiger partial charge in [0.2, 0.25) is 0 Å². The van der Waals surface area contributed by atoms with E-state index in [0.717, 1.165) is 18.9 Å². The van der Waals surface area contributed by atoms with E-state index in [-0.39, 0.29) is 0 Å². The molecule has 2 nitrogen and oxygen atoms in total. The summed E-state index contributed by atoms with van der Waals surface area (Å²) in [6, 6.07) is 0. The van der Waals surface area contributed by atoms with Crippen LogP contribution in [0.4, 0.5) is 0 Å². The summed E-state index contributed by atoms with van der Waals surface area (Å²) in [6.07, 6.45) is 5.66. The summed E-state index contributed by atoms with van der Waals surface area (Å²) in [5, 5.41) is 3.28. The number of rotatable bonds is 4. The molecule has 0 aliphatic heterocycles. The van der Waals surface area contributed by atoms with Gasteiger partial charge < -0.3 is 5.73 Å². The van der Waals surface area contributed by atoms with Gasteiger partial charge in [-0.2, -0.15) is 0 Å². The fraction of sp³-hybridized carbons (Fsp3) is 0.700. The van der Waals surface area contributed by atoms with Gasteiger partial charge in [-0.1, -0.05) is 6.92 Å².